The lowest BCUT2D eigenvalue weighted by Gasteiger charge is -2.02. The fraction of sp³-hybridized carbons (Fsp3) is 0.0462. The fourth-order valence-corrected chi connectivity index (χ4v) is 20.9. The van der Waals surface area contributed by atoms with Gasteiger partial charge in [0.25, 0.3) is 0 Å². The third kappa shape index (κ3) is 15.4. The number of furan rings is 10. The largest absolute Gasteiger partial charge is 0.456 e. The summed E-state index contributed by atoms with van der Waals surface area (Å²) in [5, 5.41) is 22.2. The van der Waals surface area contributed by atoms with Crippen LogP contribution >= 0.6 is 0 Å². The number of aromatic nitrogens is 9. The summed E-state index contributed by atoms with van der Waals surface area (Å²) >= 11 is 0. The molecule has 0 unspecified atom stereocenters. The summed E-state index contributed by atoms with van der Waals surface area (Å²) in [4.78, 5) is 36.2. The maximum absolute atomic E-state index is 5.99. The lowest BCUT2D eigenvalue weighted by Crippen LogP contribution is -1.85. The molecule has 19 heterocycles. The van der Waals surface area contributed by atoms with Crippen molar-refractivity contribution in [2.75, 3.05) is 0 Å². The maximum Gasteiger partial charge on any atom is 0.227 e. The minimum absolute atomic E-state index is 0.647. The predicted octanol–water partition coefficient (Wildman–Crippen LogP) is 35.8. The SMILES string of the molecule is Cc1ccc2oc3ccc(-c4ccc5oc6ccccc6c5c4)nc3c2n1.Cc1ccc2oc3ccc(-c4ccc5oc6cnccc6c5c4)cc3c2c1.Cc1ccc2oc3ncc(-c4cc5c(cn4)oc4ccccc45)cc3c2c1.Cc1ccc2oc3ncc(-c4ccc5oc6ccccc6c5c4)cc3c2c1.Cc1ccc2oc3ncc(-c4ccc5oc6ncccc6c5c4)cc3c2c1.Cn1c2ccccc2c2ccccc21. The summed E-state index contributed by atoms with van der Waals surface area (Å²) < 4.78 is 61.2. The molecule has 149 heavy (non-hydrogen) atoms. The summed E-state index contributed by atoms with van der Waals surface area (Å²) in [7, 11) is 2.12. The van der Waals surface area contributed by atoms with Crippen molar-refractivity contribution in [2.24, 2.45) is 7.05 Å². The third-order valence-electron chi connectivity index (χ3n) is 28.3. The van der Waals surface area contributed by atoms with Crippen LogP contribution in [0.2, 0.25) is 0 Å². The second kappa shape index (κ2) is 35.0. The van der Waals surface area contributed by atoms with E-state index in [9.17, 15) is 0 Å². The van der Waals surface area contributed by atoms with Gasteiger partial charge in [-0.1, -0.05) is 162 Å². The van der Waals surface area contributed by atoms with Gasteiger partial charge in [0.15, 0.2) is 22.3 Å². The molecule has 0 bridgehead atoms. The summed E-state index contributed by atoms with van der Waals surface area (Å²) in [6.07, 6.45) is 12.6. The number of hydrogen-bond acceptors (Lipinski definition) is 18. The third-order valence-corrected chi connectivity index (χ3v) is 28.3. The van der Waals surface area contributed by atoms with E-state index in [1.807, 2.05) is 183 Å². The molecule has 19 aromatic heterocycles. The van der Waals surface area contributed by atoms with Gasteiger partial charge in [-0.15, -0.1) is 0 Å². The van der Waals surface area contributed by atoms with E-state index in [-0.39, 0.29) is 0 Å². The molecule has 0 amide bonds. The first kappa shape index (κ1) is 86.9. The van der Waals surface area contributed by atoms with Crippen molar-refractivity contribution >= 4 is 242 Å². The molecule has 0 aliphatic heterocycles. The molecule has 0 atom stereocenters. The molecule has 0 N–H and O–H groups in total. The second-order valence-electron chi connectivity index (χ2n) is 38.0. The van der Waals surface area contributed by atoms with E-state index in [2.05, 4.69) is 268 Å². The van der Waals surface area contributed by atoms with Crippen LogP contribution in [0.1, 0.15) is 27.9 Å². The number of rotatable bonds is 5. The fourth-order valence-electron chi connectivity index (χ4n) is 20.9. The van der Waals surface area contributed by atoms with Crippen molar-refractivity contribution in [2.45, 2.75) is 34.6 Å². The number of hydrogen-bond donors (Lipinski definition) is 0. The van der Waals surface area contributed by atoms with E-state index in [1.165, 1.54) is 44.1 Å². The van der Waals surface area contributed by atoms with Gasteiger partial charge in [0, 0.05) is 185 Å². The zero-order valence-electron chi connectivity index (χ0n) is 81.1. The molecule has 0 saturated carbocycles. The van der Waals surface area contributed by atoms with Gasteiger partial charge in [-0.3, -0.25) is 9.97 Å². The van der Waals surface area contributed by atoms with E-state index in [0.29, 0.717) is 22.9 Å². The smallest absolute Gasteiger partial charge is 0.227 e. The monoisotopic (exact) mass is 1930 g/mol. The van der Waals surface area contributed by atoms with Crippen molar-refractivity contribution in [3.8, 4) is 55.9 Å². The van der Waals surface area contributed by atoms with Crippen LogP contribution in [-0.2, 0) is 7.05 Å². The maximum atomic E-state index is 5.99. The van der Waals surface area contributed by atoms with E-state index in [4.69, 9.17) is 49.2 Å². The van der Waals surface area contributed by atoms with Crippen molar-refractivity contribution in [3.63, 3.8) is 0 Å². The Labute approximate surface area is 845 Å². The topological polar surface area (TPSA) is 239 Å². The molecule has 0 aliphatic rings. The van der Waals surface area contributed by atoms with Crippen molar-refractivity contribution in [1.29, 1.82) is 0 Å². The van der Waals surface area contributed by atoms with Crippen molar-refractivity contribution in [1.82, 2.24) is 44.4 Å². The Balaban J connectivity index is 0.0000000868. The molecule has 0 fully saturated rings. The van der Waals surface area contributed by atoms with E-state index < -0.39 is 0 Å². The Hall–Kier alpha value is -19.9. The van der Waals surface area contributed by atoms with Gasteiger partial charge < -0.3 is 48.7 Å². The molecule has 33 rings (SSSR count). The molecule has 0 saturated heterocycles. The first-order valence-corrected chi connectivity index (χ1v) is 49.2. The Bertz CT molecular complexity index is 9880. The summed E-state index contributed by atoms with van der Waals surface area (Å²) in [6.45, 7) is 10.3. The van der Waals surface area contributed by atoms with Crippen LogP contribution in [0.4, 0.5) is 0 Å². The van der Waals surface area contributed by atoms with E-state index in [0.717, 1.165) is 259 Å². The lowest BCUT2D eigenvalue weighted by atomic mass is 10.0. The number of pyridine rings is 8. The van der Waals surface area contributed by atoms with Crippen molar-refractivity contribution in [3.05, 3.63) is 423 Å². The summed E-state index contributed by atoms with van der Waals surface area (Å²) in [5.41, 5.74) is 36.8. The minimum atomic E-state index is 0.647. The molecule has 0 aliphatic carbocycles. The molecule has 33 aromatic rings. The molecular formula is C130H83N9O10. The number of benzene rings is 14. The van der Waals surface area contributed by atoms with Gasteiger partial charge in [0.05, 0.1) is 23.8 Å². The van der Waals surface area contributed by atoms with Gasteiger partial charge in [0.2, 0.25) is 22.9 Å². The van der Waals surface area contributed by atoms with Gasteiger partial charge in [-0.05, 0) is 269 Å². The van der Waals surface area contributed by atoms with Gasteiger partial charge >= 0.3 is 0 Å². The van der Waals surface area contributed by atoms with E-state index >= 15 is 0 Å². The second-order valence-corrected chi connectivity index (χ2v) is 38.0. The number of aryl methyl sites for hydroxylation is 6. The van der Waals surface area contributed by atoms with E-state index in [1.54, 1.807) is 24.8 Å². The normalized spacial score (nSPS) is 11.8. The van der Waals surface area contributed by atoms with Crippen LogP contribution in [0.15, 0.2) is 439 Å². The number of para-hydroxylation sites is 5. The first-order valence-electron chi connectivity index (χ1n) is 49.2. The highest BCUT2D eigenvalue weighted by atomic mass is 16.4. The average molecular weight is 1930 g/mol. The molecule has 19 heteroatoms. The number of fused-ring (bicyclic) bond motifs is 33. The molecular weight excluding hydrogens is 1850 g/mol. The molecule has 708 valence electrons. The van der Waals surface area contributed by atoms with Crippen LogP contribution in [0.5, 0.6) is 0 Å². The highest BCUT2D eigenvalue weighted by Gasteiger charge is 2.22. The van der Waals surface area contributed by atoms with Crippen LogP contribution in [0.3, 0.4) is 0 Å². The number of nitrogens with zero attached hydrogens (tertiary/aromatic N) is 9. The molecule has 0 spiro atoms. The standard InChI is InChI=1S/2C24H15NO2.3C23H14N2O2.C13H11N/c1-14-2-5-21-18(10-14)20-12-16(4-7-23(20)26-21)15-3-6-22-19(11-15)17-8-9-25-13-24(17)27-22;1-14-6-8-23-18(10-14)20-12-16(13-25-24(20)27-23)15-7-9-22-19(11-15)17-4-2-3-5-21(17)26-22;1-13-4-6-20-17(9-13)19-11-15(12-25-23(19)27-20)14-5-7-21-18(10-14)16-3-2-8-24-22(16)26-21;1-13-6-9-20-22(24-13)23-21(27-20)11-8-17(25-23)14-7-10-19-16(12-14)15-4-2-3-5-18(15)26-19;1-13-6-7-21-16(8-13)18-9-14(11-25-23(18)27-21)19-10-17-15-4-2-3-5-20(15)26-22(17)12-24-19;1-14-12-8-4-2-6-10(12)11-7-3-5-9-13(11)14/h2*2-13H,1H3;3*2-12H,1H3;2-9H,1H3. The first-order chi connectivity index (χ1) is 73.2. The molecule has 19 nitrogen and oxygen atoms in total. The molecule has 0 radical (unpaired) electrons. The van der Waals surface area contributed by atoms with Gasteiger partial charge in [-0.25, -0.2) is 29.9 Å². The Kier molecular flexibility index (Phi) is 20.4. The zero-order valence-corrected chi connectivity index (χ0v) is 81.1. The van der Waals surface area contributed by atoms with Crippen LogP contribution < -0.4 is 0 Å². The van der Waals surface area contributed by atoms with Crippen LogP contribution in [0.25, 0.3) is 298 Å². The van der Waals surface area contributed by atoms with Crippen molar-refractivity contribution < 1.29 is 44.2 Å². The minimum Gasteiger partial charge on any atom is -0.456 e. The van der Waals surface area contributed by atoms with Gasteiger partial charge in [0.1, 0.15) is 78.0 Å². The Morgan fingerprint density at radius 1 is 0.181 bits per heavy atom. The average Bonchev–Trinajstić information content (AvgIpc) is 1.64. The predicted molar refractivity (Wildman–Crippen MR) is 599 cm³/mol. The lowest BCUT2D eigenvalue weighted by molar-refractivity contribution is 0.653. The zero-order chi connectivity index (χ0) is 99.3. The highest BCUT2D eigenvalue weighted by Crippen LogP contribution is 2.44. The van der Waals surface area contributed by atoms with Gasteiger partial charge in [-0.2, -0.15) is 0 Å². The summed E-state index contributed by atoms with van der Waals surface area (Å²) in [5.74, 6) is 0. The quantitative estimate of drug-likeness (QED) is 0.156. The molecule has 14 aromatic carbocycles. The van der Waals surface area contributed by atoms with Crippen LogP contribution in [-0.4, -0.2) is 44.4 Å². The highest BCUT2D eigenvalue weighted by molar-refractivity contribution is 6.16. The van der Waals surface area contributed by atoms with Crippen LogP contribution in [0, 0.1) is 34.6 Å². The Morgan fingerprint density at radius 2 is 0.497 bits per heavy atom. The Morgan fingerprint density at radius 3 is 0.987 bits per heavy atom. The summed E-state index contributed by atoms with van der Waals surface area (Å²) in [6, 6.07) is 120.